The van der Waals surface area contributed by atoms with Gasteiger partial charge in [-0.05, 0) is 31.0 Å². The number of nitrogens with zero attached hydrogens (tertiary/aromatic N) is 5. The molecule has 1 saturated carbocycles. The second kappa shape index (κ2) is 5.79. The maximum absolute atomic E-state index is 4.64. The molecule has 0 amide bonds. The van der Waals surface area contributed by atoms with Gasteiger partial charge in [0.1, 0.15) is 11.6 Å². The Balaban J connectivity index is 1.40. The third-order valence-corrected chi connectivity index (χ3v) is 4.13. The summed E-state index contributed by atoms with van der Waals surface area (Å²) in [5.41, 5.74) is 0. The summed E-state index contributed by atoms with van der Waals surface area (Å²) >= 11 is 0. The van der Waals surface area contributed by atoms with Crippen molar-refractivity contribution in [3.63, 3.8) is 0 Å². The number of pyridine rings is 1. The van der Waals surface area contributed by atoms with Gasteiger partial charge in [0, 0.05) is 44.6 Å². The second-order valence-electron chi connectivity index (χ2n) is 5.82. The minimum atomic E-state index is 0.580. The Morgan fingerprint density at radius 2 is 1.64 bits per heavy atom. The topological polar surface area (TPSA) is 57.2 Å². The Kier molecular flexibility index (Phi) is 3.50. The van der Waals surface area contributed by atoms with E-state index < -0.39 is 0 Å². The van der Waals surface area contributed by atoms with Crippen LogP contribution in [0, 0.1) is 0 Å². The normalized spacial score (nSPS) is 18.4. The summed E-state index contributed by atoms with van der Waals surface area (Å²) in [6.45, 7) is 3.84. The summed E-state index contributed by atoms with van der Waals surface area (Å²) < 4.78 is 0. The molecule has 22 heavy (non-hydrogen) atoms. The van der Waals surface area contributed by atoms with Crippen molar-refractivity contribution in [1.82, 2.24) is 15.0 Å². The maximum atomic E-state index is 4.64. The summed E-state index contributed by atoms with van der Waals surface area (Å²) in [5, 5.41) is 3.36. The molecule has 0 bridgehead atoms. The van der Waals surface area contributed by atoms with Crippen LogP contribution in [-0.4, -0.2) is 47.2 Å². The SMILES string of the molecule is c1ccc(N2CCN(c3ccnc(NC4CC4)n3)CC2)nc1. The highest BCUT2D eigenvalue weighted by atomic mass is 15.3. The number of hydrogen-bond donors (Lipinski definition) is 1. The summed E-state index contributed by atoms with van der Waals surface area (Å²) in [5.74, 6) is 2.83. The van der Waals surface area contributed by atoms with Crippen molar-refractivity contribution in [2.45, 2.75) is 18.9 Å². The van der Waals surface area contributed by atoms with Crippen molar-refractivity contribution in [1.29, 1.82) is 0 Å². The molecule has 3 heterocycles. The predicted octanol–water partition coefficient (Wildman–Crippen LogP) is 1.77. The molecule has 0 unspecified atom stereocenters. The average Bonchev–Trinajstić information content (AvgIpc) is 3.40. The molecule has 1 aliphatic carbocycles. The van der Waals surface area contributed by atoms with Crippen LogP contribution in [-0.2, 0) is 0 Å². The van der Waals surface area contributed by atoms with Gasteiger partial charge >= 0.3 is 0 Å². The van der Waals surface area contributed by atoms with Gasteiger partial charge in [-0.25, -0.2) is 9.97 Å². The monoisotopic (exact) mass is 296 g/mol. The summed E-state index contributed by atoms with van der Waals surface area (Å²) in [6.07, 6.45) is 6.16. The van der Waals surface area contributed by atoms with E-state index in [1.165, 1.54) is 12.8 Å². The maximum Gasteiger partial charge on any atom is 0.224 e. The van der Waals surface area contributed by atoms with Gasteiger partial charge in [0.2, 0.25) is 5.95 Å². The Labute approximate surface area is 130 Å². The lowest BCUT2D eigenvalue weighted by Crippen LogP contribution is -2.47. The molecule has 0 radical (unpaired) electrons. The van der Waals surface area contributed by atoms with Gasteiger partial charge in [-0.15, -0.1) is 0 Å². The van der Waals surface area contributed by atoms with E-state index in [0.717, 1.165) is 43.8 Å². The van der Waals surface area contributed by atoms with Crippen LogP contribution in [0.25, 0.3) is 0 Å². The largest absolute Gasteiger partial charge is 0.353 e. The fourth-order valence-corrected chi connectivity index (χ4v) is 2.71. The van der Waals surface area contributed by atoms with Gasteiger partial charge in [0.05, 0.1) is 0 Å². The van der Waals surface area contributed by atoms with Gasteiger partial charge in [-0.3, -0.25) is 0 Å². The highest BCUT2D eigenvalue weighted by Crippen LogP contribution is 2.24. The minimum Gasteiger partial charge on any atom is -0.353 e. The van der Waals surface area contributed by atoms with Crippen LogP contribution in [0.4, 0.5) is 17.6 Å². The molecule has 0 spiro atoms. The number of rotatable bonds is 4. The van der Waals surface area contributed by atoms with Crippen LogP contribution in [0.1, 0.15) is 12.8 Å². The van der Waals surface area contributed by atoms with E-state index in [1.807, 2.05) is 30.6 Å². The van der Waals surface area contributed by atoms with Crippen molar-refractivity contribution >= 4 is 17.6 Å². The van der Waals surface area contributed by atoms with Crippen molar-refractivity contribution < 1.29 is 0 Å². The average molecular weight is 296 g/mol. The molecule has 1 N–H and O–H groups in total. The van der Waals surface area contributed by atoms with E-state index in [2.05, 4.69) is 36.1 Å². The predicted molar refractivity (Wildman–Crippen MR) is 87.3 cm³/mol. The van der Waals surface area contributed by atoms with Crippen LogP contribution in [0.15, 0.2) is 36.7 Å². The molecule has 114 valence electrons. The van der Waals surface area contributed by atoms with Crippen molar-refractivity contribution in [2.75, 3.05) is 41.3 Å². The smallest absolute Gasteiger partial charge is 0.224 e. The minimum absolute atomic E-state index is 0.580. The first-order valence-electron chi connectivity index (χ1n) is 7.89. The molecular formula is C16H20N6. The van der Waals surface area contributed by atoms with Crippen LogP contribution in [0.3, 0.4) is 0 Å². The highest BCUT2D eigenvalue weighted by molar-refractivity contribution is 5.46. The number of aromatic nitrogens is 3. The van der Waals surface area contributed by atoms with Crippen LogP contribution < -0.4 is 15.1 Å². The molecule has 0 atom stereocenters. The third-order valence-electron chi connectivity index (χ3n) is 4.13. The molecule has 0 aromatic carbocycles. The molecule has 6 nitrogen and oxygen atoms in total. The summed E-state index contributed by atoms with van der Waals surface area (Å²) in [7, 11) is 0. The van der Waals surface area contributed by atoms with Gasteiger partial charge < -0.3 is 15.1 Å². The molecule has 2 aliphatic rings. The summed E-state index contributed by atoms with van der Waals surface area (Å²) in [4.78, 5) is 18.0. The molecule has 4 rings (SSSR count). The first-order chi connectivity index (χ1) is 10.9. The van der Waals surface area contributed by atoms with Crippen LogP contribution >= 0.6 is 0 Å². The van der Waals surface area contributed by atoms with Gasteiger partial charge in [-0.1, -0.05) is 6.07 Å². The van der Waals surface area contributed by atoms with Gasteiger partial charge in [0.25, 0.3) is 0 Å². The molecule has 2 aromatic rings. The molecule has 1 aliphatic heterocycles. The quantitative estimate of drug-likeness (QED) is 0.928. The number of nitrogens with one attached hydrogen (secondary N) is 1. The molecule has 2 fully saturated rings. The third kappa shape index (κ3) is 2.95. The first kappa shape index (κ1) is 13.3. The lowest BCUT2D eigenvalue weighted by molar-refractivity contribution is 0.641. The lowest BCUT2D eigenvalue weighted by Gasteiger charge is -2.36. The van der Waals surface area contributed by atoms with E-state index >= 15 is 0 Å². The Bertz CT molecular complexity index is 620. The fraction of sp³-hybridized carbons (Fsp3) is 0.438. The van der Waals surface area contributed by atoms with E-state index in [9.17, 15) is 0 Å². The lowest BCUT2D eigenvalue weighted by atomic mass is 10.3. The number of anilines is 3. The van der Waals surface area contributed by atoms with Crippen molar-refractivity contribution in [2.24, 2.45) is 0 Å². The van der Waals surface area contributed by atoms with E-state index in [4.69, 9.17) is 0 Å². The van der Waals surface area contributed by atoms with Gasteiger partial charge in [0.15, 0.2) is 0 Å². The molecule has 2 aromatic heterocycles. The van der Waals surface area contributed by atoms with Gasteiger partial charge in [-0.2, -0.15) is 4.98 Å². The van der Waals surface area contributed by atoms with E-state index in [0.29, 0.717) is 6.04 Å². The van der Waals surface area contributed by atoms with E-state index in [-0.39, 0.29) is 0 Å². The molecule has 1 saturated heterocycles. The van der Waals surface area contributed by atoms with Crippen molar-refractivity contribution in [3.8, 4) is 0 Å². The zero-order valence-corrected chi connectivity index (χ0v) is 12.5. The van der Waals surface area contributed by atoms with E-state index in [1.54, 1.807) is 0 Å². The van der Waals surface area contributed by atoms with Crippen LogP contribution in [0.5, 0.6) is 0 Å². The summed E-state index contributed by atoms with van der Waals surface area (Å²) in [6, 6.07) is 8.63. The number of hydrogen-bond acceptors (Lipinski definition) is 6. The zero-order valence-electron chi connectivity index (χ0n) is 12.5. The highest BCUT2D eigenvalue weighted by Gasteiger charge is 2.23. The van der Waals surface area contributed by atoms with Crippen molar-refractivity contribution in [3.05, 3.63) is 36.7 Å². The Morgan fingerprint density at radius 3 is 2.32 bits per heavy atom. The Morgan fingerprint density at radius 1 is 0.864 bits per heavy atom. The molecular weight excluding hydrogens is 276 g/mol. The fourth-order valence-electron chi connectivity index (χ4n) is 2.71. The number of piperazine rings is 1. The van der Waals surface area contributed by atoms with Crippen LogP contribution in [0.2, 0.25) is 0 Å². The molecule has 6 heteroatoms. The zero-order chi connectivity index (χ0) is 14.8. The second-order valence-corrected chi connectivity index (χ2v) is 5.82. The standard InChI is InChI=1S/C16H20N6/c1-2-7-17-14(3-1)21-9-11-22(12-10-21)15-6-8-18-16(20-15)19-13-4-5-13/h1-3,6-8,13H,4-5,9-12H2,(H,18,19,20). The first-order valence-corrected chi connectivity index (χ1v) is 7.89. The Hall–Kier alpha value is -2.37.